The Morgan fingerprint density at radius 3 is 2.86 bits per heavy atom. The van der Waals surface area contributed by atoms with Crippen LogP contribution in [0.15, 0.2) is 18.5 Å². The maximum atomic E-state index is 12.1. The minimum absolute atomic E-state index is 0.0557. The van der Waals surface area contributed by atoms with Crippen molar-refractivity contribution < 1.29 is 4.79 Å². The van der Waals surface area contributed by atoms with E-state index in [2.05, 4.69) is 39.3 Å². The Morgan fingerprint density at radius 2 is 2.24 bits per heavy atom. The molecule has 1 aliphatic heterocycles. The molecular weight excluding hydrogens is 266 g/mol. The van der Waals surface area contributed by atoms with Gasteiger partial charge in [-0.25, -0.2) is 9.97 Å². The molecule has 0 saturated carbocycles. The zero-order chi connectivity index (χ0) is 15.1. The van der Waals surface area contributed by atoms with E-state index in [1.807, 2.05) is 0 Å². The highest BCUT2D eigenvalue weighted by atomic mass is 16.2. The Labute approximate surface area is 126 Å². The van der Waals surface area contributed by atoms with Crippen LogP contribution in [0, 0.1) is 5.92 Å². The number of anilines is 1. The second-order valence-corrected chi connectivity index (χ2v) is 6.00. The number of amides is 1. The third-order valence-corrected chi connectivity index (χ3v) is 3.45. The third kappa shape index (κ3) is 5.77. The first kappa shape index (κ1) is 15.9. The molecule has 1 aliphatic rings. The van der Waals surface area contributed by atoms with Crippen molar-refractivity contribution in [3.63, 3.8) is 0 Å². The van der Waals surface area contributed by atoms with E-state index >= 15 is 0 Å². The molecule has 0 radical (unpaired) electrons. The third-order valence-electron chi connectivity index (χ3n) is 3.45. The largest absolute Gasteiger partial charge is 0.313 e. The molecule has 1 aromatic rings. The second kappa shape index (κ2) is 8.05. The summed E-state index contributed by atoms with van der Waals surface area (Å²) < 4.78 is 0. The molecule has 2 rings (SSSR count). The van der Waals surface area contributed by atoms with Gasteiger partial charge < -0.3 is 5.32 Å². The average Bonchev–Trinajstić information content (AvgIpc) is 2.91. The smallest absolute Gasteiger partial charge is 0.240 e. The van der Waals surface area contributed by atoms with Crippen LogP contribution in [-0.4, -0.2) is 53.0 Å². The molecule has 0 aliphatic carbocycles. The Hall–Kier alpha value is -1.53. The molecule has 1 aromatic heterocycles. The number of hydrogen-bond donors (Lipinski definition) is 2. The zero-order valence-corrected chi connectivity index (χ0v) is 12.9. The molecule has 116 valence electrons. The summed E-state index contributed by atoms with van der Waals surface area (Å²) in [6.45, 7) is 7.65. The van der Waals surface area contributed by atoms with E-state index in [-0.39, 0.29) is 5.91 Å². The molecule has 1 unspecified atom stereocenters. The van der Waals surface area contributed by atoms with Crippen LogP contribution in [0.3, 0.4) is 0 Å². The van der Waals surface area contributed by atoms with Gasteiger partial charge in [-0.2, -0.15) is 0 Å². The summed E-state index contributed by atoms with van der Waals surface area (Å²) in [6, 6.07) is 2.23. The number of hydrogen-bond acceptors (Lipinski definition) is 5. The lowest BCUT2D eigenvalue weighted by molar-refractivity contribution is -0.117. The number of nitrogens with one attached hydrogen (secondary N) is 2. The predicted octanol–water partition coefficient (Wildman–Crippen LogP) is 1.13. The standard InChI is InChI=1S/C15H25N5O/c1-12(2)9-20(10-13-5-3-6-16-13)11-14(21)19-15-17-7-4-8-18-15/h4,7-8,12-13,16H,3,5-6,9-11H2,1-2H3,(H,17,18,19,21). The van der Waals surface area contributed by atoms with Crippen LogP contribution in [-0.2, 0) is 4.79 Å². The highest BCUT2D eigenvalue weighted by molar-refractivity contribution is 5.90. The molecule has 1 amide bonds. The molecule has 2 N–H and O–H groups in total. The molecule has 1 atom stereocenters. The van der Waals surface area contributed by atoms with Crippen molar-refractivity contribution in [3.05, 3.63) is 18.5 Å². The van der Waals surface area contributed by atoms with Gasteiger partial charge in [0.15, 0.2) is 0 Å². The fourth-order valence-electron chi connectivity index (χ4n) is 2.68. The highest BCUT2D eigenvalue weighted by Gasteiger charge is 2.20. The van der Waals surface area contributed by atoms with Crippen LogP contribution in [0.5, 0.6) is 0 Å². The minimum Gasteiger partial charge on any atom is -0.313 e. The molecule has 0 bridgehead atoms. The Kier molecular flexibility index (Phi) is 6.07. The first-order valence-electron chi connectivity index (χ1n) is 7.66. The van der Waals surface area contributed by atoms with E-state index in [0.717, 1.165) is 19.6 Å². The van der Waals surface area contributed by atoms with Gasteiger partial charge in [0.05, 0.1) is 6.54 Å². The molecule has 0 spiro atoms. The molecule has 1 saturated heterocycles. The van der Waals surface area contributed by atoms with E-state index in [0.29, 0.717) is 24.5 Å². The van der Waals surface area contributed by atoms with E-state index < -0.39 is 0 Å². The van der Waals surface area contributed by atoms with Gasteiger partial charge in [0, 0.05) is 31.5 Å². The van der Waals surface area contributed by atoms with Crippen molar-refractivity contribution in [1.29, 1.82) is 0 Å². The van der Waals surface area contributed by atoms with Crippen molar-refractivity contribution >= 4 is 11.9 Å². The van der Waals surface area contributed by atoms with E-state index in [1.54, 1.807) is 18.5 Å². The van der Waals surface area contributed by atoms with Gasteiger partial charge in [0.1, 0.15) is 0 Å². The van der Waals surface area contributed by atoms with Crippen molar-refractivity contribution in [3.8, 4) is 0 Å². The van der Waals surface area contributed by atoms with E-state index in [1.165, 1.54) is 12.8 Å². The lowest BCUT2D eigenvalue weighted by Gasteiger charge is -2.26. The number of aromatic nitrogens is 2. The van der Waals surface area contributed by atoms with E-state index in [9.17, 15) is 4.79 Å². The monoisotopic (exact) mass is 291 g/mol. The summed E-state index contributed by atoms with van der Waals surface area (Å²) >= 11 is 0. The quantitative estimate of drug-likeness (QED) is 0.788. The van der Waals surface area contributed by atoms with Gasteiger partial charge in [-0.15, -0.1) is 0 Å². The number of carbonyl (C=O) groups is 1. The van der Waals surface area contributed by atoms with Gasteiger partial charge in [-0.05, 0) is 31.4 Å². The van der Waals surface area contributed by atoms with Gasteiger partial charge in [0.25, 0.3) is 0 Å². The molecule has 6 nitrogen and oxygen atoms in total. The second-order valence-electron chi connectivity index (χ2n) is 6.00. The van der Waals surface area contributed by atoms with Gasteiger partial charge in [-0.3, -0.25) is 15.0 Å². The van der Waals surface area contributed by atoms with Crippen LogP contribution in [0.4, 0.5) is 5.95 Å². The van der Waals surface area contributed by atoms with Crippen LogP contribution in [0.25, 0.3) is 0 Å². The van der Waals surface area contributed by atoms with Gasteiger partial charge in [-0.1, -0.05) is 13.8 Å². The molecule has 21 heavy (non-hydrogen) atoms. The maximum Gasteiger partial charge on any atom is 0.240 e. The Bertz CT molecular complexity index is 431. The average molecular weight is 291 g/mol. The molecule has 0 aromatic carbocycles. The number of rotatable bonds is 7. The van der Waals surface area contributed by atoms with Gasteiger partial charge >= 0.3 is 0 Å². The summed E-state index contributed by atoms with van der Waals surface area (Å²) in [6.07, 6.45) is 5.66. The lowest BCUT2D eigenvalue weighted by Crippen LogP contribution is -2.43. The van der Waals surface area contributed by atoms with Crippen LogP contribution < -0.4 is 10.6 Å². The molecule has 6 heteroatoms. The zero-order valence-electron chi connectivity index (χ0n) is 12.9. The molecule has 2 heterocycles. The fourth-order valence-corrected chi connectivity index (χ4v) is 2.68. The topological polar surface area (TPSA) is 70.2 Å². The summed E-state index contributed by atoms with van der Waals surface area (Å²) in [5, 5.41) is 6.23. The van der Waals surface area contributed by atoms with E-state index in [4.69, 9.17) is 0 Å². The fraction of sp³-hybridized carbons (Fsp3) is 0.667. The van der Waals surface area contributed by atoms with Crippen molar-refractivity contribution in [1.82, 2.24) is 20.2 Å². The van der Waals surface area contributed by atoms with Crippen molar-refractivity contribution in [2.75, 3.05) is 31.5 Å². The first-order valence-corrected chi connectivity index (χ1v) is 7.66. The molecular formula is C15H25N5O. The minimum atomic E-state index is -0.0557. The summed E-state index contributed by atoms with van der Waals surface area (Å²) in [7, 11) is 0. The van der Waals surface area contributed by atoms with Crippen molar-refractivity contribution in [2.24, 2.45) is 5.92 Å². The van der Waals surface area contributed by atoms with Crippen LogP contribution in [0.2, 0.25) is 0 Å². The Balaban J connectivity index is 1.85. The normalized spacial score (nSPS) is 18.4. The summed E-state index contributed by atoms with van der Waals surface area (Å²) in [4.78, 5) is 22.4. The highest BCUT2D eigenvalue weighted by Crippen LogP contribution is 2.09. The predicted molar refractivity (Wildman–Crippen MR) is 83.0 cm³/mol. The molecule has 1 fully saturated rings. The summed E-state index contributed by atoms with van der Waals surface area (Å²) in [5.74, 6) is 0.845. The van der Waals surface area contributed by atoms with Gasteiger partial charge in [0.2, 0.25) is 11.9 Å². The Morgan fingerprint density at radius 1 is 1.48 bits per heavy atom. The summed E-state index contributed by atoms with van der Waals surface area (Å²) in [5.41, 5.74) is 0. The van der Waals surface area contributed by atoms with Crippen LogP contribution >= 0.6 is 0 Å². The maximum absolute atomic E-state index is 12.1. The first-order chi connectivity index (χ1) is 10.1. The number of nitrogens with zero attached hydrogens (tertiary/aromatic N) is 3. The SMILES string of the molecule is CC(C)CN(CC(=O)Nc1ncccn1)CC1CCCN1. The number of carbonyl (C=O) groups excluding carboxylic acids is 1. The lowest BCUT2D eigenvalue weighted by atomic mass is 10.1. The van der Waals surface area contributed by atoms with Crippen LogP contribution in [0.1, 0.15) is 26.7 Å². The van der Waals surface area contributed by atoms with Crippen molar-refractivity contribution in [2.45, 2.75) is 32.7 Å².